The molecule has 3 nitrogen and oxygen atoms in total. The fourth-order valence-corrected chi connectivity index (χ4v) is 1.83. The Balaban J connectivity index is 2.71. The number of carbonyl (C=O) groups is 1. The van der Waals surface area contributed by atoms with Crippen LogP contribution < -0.4 is 5.73 Å². The number of anilines is 1. The van der Waals surface area contributed by atoms with E-state index in [0.29, 0.717) is 5.69 Å². The summed E-state index contributed by atoms with van der Waals surface area (Å²) in [4.78, 5) is 11.1. The number of nitrogens with two attached hydrogens (primary N) is 1. The SMILES string of the molecule is CCCCCCc1cccc(N)c1C(=O)O. The molecule has 3 heteroatoms. The van der Waals surface area contributed by atoms with Crippen molar-refractivity contribution in [1.82, 2.24) is 0 Å². The van der Waals surface area contributed by atoms with Crippen LogP contribution in [0.5, 0.6) is 0 Å². The van der Waals surface area contributed by atoms with Crippen LogP contribution in [0.3, 0.4) is 0 Å². The number of unbranched alkanes of at least 4 members (excludes halogenated alkanes) is 3. The van der Waals surface area contributed by atoms with Crippen LogP contribution in [0.1, 0.15) is 48.5 Å². The Morgan fingerprint density at radius 1 is 1.31 bits per heavy atom. The molecule has 0 radical (unpaired) electrons. The van der Waals surface area contributed by atoms with E-state index in [1.807, 2.05) is 12.1 Å². The minimum absolute atomic E-state index is 0.277. The molecule has 0 saturated carbocycles. The Kier molecular flexibility index (Phi) is 4.83. The lowest BCUT2D eigenvalue weighted by Gasteiger charge is -2.08. The van der Waals surface area contributed by atoms with Gasteiger partial charge in [0.1, 0.15) is 0 Å². The fourth-order valence-electron chi connectivity index (χ4n) is 1.83. The lowest BCUT2D eigenvalue weighted by Crippen LogP contribution is -2.07. The van der Waals surface area contributed by atoms with Crippen LogP contribution in [0.25, 0.3) is 0 Å². The van der Waals surface area contributed by atoms with Crippen molar-refractivity contribution in [3.63, 3.8) is 0 Å². The molecule has 3 N–H and O–H groups in total. The van der Waals surface area contributed by atoms with Crippen molar-refractivity contribution >= 4 is 11.7 Å². The molecular formula is C13H19NO2. The minimum atomic E-state index is -0.927. The van der Waals surface area contributed by atoms with Crippen molar-refractivity contribution in [3.05, 3.63) is 29.3 Å². The molecule has 0 aromatic heterocycles. The van der Waals surface area contributed by atoms with Crippen molar-refractivity contribution in [2.75, 3.05) is 5.73 Å². The summed E-state index contributed by atoms with van der Waals surface area (Å²) in [5, 5.41) is 9.07. The van der Waals surface area contributed by atoms with Crippen molar-refractivity contribution in [1.29, 1.82) is 0 Å². The highest BCUT2D eigenvalue weighted by molar-refractivity contribution is 5.95. The second-order valence-electron chi connectivity index (χ2n) is 4.00. The summed E-state index contributed by atoms with van der Waals surface area (Å²) in [6, 6.07) is 5.31. The van der Waals surface area contributed by atoms with Crippen LogP contribution in [0.2, 0.25) is 0 Å². The maximum Gasteiger partial charge on any atom is 0.338 e. The molecule has 0 unspecified atom stereocenters. The Hall–Kier alpha value is -1.51. The average Bonchev–Trinajstić information content (AvgIpc) is 2.24. The second kappa shape index (κ2) is 6.16. The number of hydrogen-bond acceptors (Lipinski definition) is 2. The molecule has 0 heterocycles. The molecule has 0 bridgehead atoms. The van der Waals surface area contributed by atoms with E-state index >= 15 is 0 Å². The fraction of sp³-hybridized carbons (Fsp3) is 0.462. The molecule has 1 aromatic rings. The molecule has 0 amide bonds. The Morgan fingerprint density at radius 2 is 2.06 bits per heavy atom. The van der Waals surface area contributed by atoms with Crippen LogP contribution in [-0.4, -0.2) is 11.1 Å². The number of benzene rings is 1. The number of rotatable bonds is 6. The van der Waals surface area contributed by atoms with Gasteiger partial charge in [0.15, 0.2) is 0 Å². The second-order valence-corrected chi connectivity index (χ2v) is 4.00. The summed E-state index contributed by atoms with van der Waals surface area (Å²) in [6.07, 6.45) is 5.35. The molecule has 16 heavy (non-hydrogen) atoms. The van der Waals surface area contributed by atoms with E-state index in [1.165, 1.54) is 12.8 Å². The largest absolute Gasteiger partial charge is 0.478 e. The molecule has 0 atom stereocenters. The highest BCUT2D eigenvalue weighted by Gasteiger charge is 2.12. The smallest absolute Gasteiger partial charge is 0.338 e. The quantitative estimate of drug-likeness (QED) is 0.573. The van der Waals surface area contributed by atoms with Gasteiger partial charge in [-0.1, -0.05) is 38.3 Å². The topological polar surface area (TPSA) is 63.3 Å². The van der Waals surface area contributed by atoms with E-state index < -0.39 is 5.97 Å². The number of hydrogen-bond donors (Lipinski definition) is 2. The van der Waals surface area contributed by atoms with Gasteiger partial charge in [0.25, 0.3) is 0 Å². The highest BCUT2D eigenvalue weighted by Crippen LogP contribution is 2.19. The number of nitrogen functional groups attached to an aromatic ring is 1. The molecule has 0 saturated heterocycles. The summed E-state index contributed by atoms with van der Waals surface area (Å²) < 4.78 is 0. The van der Waals surface area contributed by atoms with Crippen LogP contribution in [0.15, 0.2) is 18.2 Å². The molecule has 0 fully saturated rings. The Bertz CT molecular complexity index is 361. The first kappa shape index (κ1) is 12.6. The van der Waals surface area contributed by atoms with E-state index in [1.54, 1.807) is 6.07 Å². The Labute approximate surface area is 96.3 Å². The van der Waals surface area contributed by atoms with Crippen LogP contribution in [0.4, 0.5) is 5.69 Å². The molecule has 0 aliphatic carbocycles. The predicted molar refractivity (Wildman–Crippen MR) is 65.7 cm³/mol. The molecule has 0 aliphatic heterocycles. The molecule has 0 aliphatic rings. The highest BCUT2D eigenvalue weighted by atomic mass is 16.4. The van der Waals surface area contributed by atoms with E-state index in [2.05, 4.69) is 6.92 Å². The van der Waals surface area contributed by atoms with Crippen LogP contribution in [0, 0.1) is 0 Å². The summed E-state index contributed by atoms with van der Waals surface area (Å²) in [5.74, 6) is -0.927. The van der Waals surface area contributed by atoms with E-state index in [9.17, 15) is 4.79 Å². The summed E-state index contributed by atoms with van der Waals surface area (Å²) in [5.41, 5.74) is 7.16. The van der Waals surface area contributed by atoms with Crippen molar-refractivity contribution in [3.8, 4) is 0 Å². The molecular weight excluding hydrogens is 202 g/mol. The van der Waals surface area contributed by atoms with Crippen molar-refractivity contribution < 1.29 is 9.90 Å². The zero-order chi connectivity index (χ0) is 12.0. The van der Waals surface area contributed by atoms with Gasteiger partial charge in [-0.2, -0.15) is 0 Å². The van der Waals surface area contributed by atoms with Gasteiger partial charge in [0.05, 0.1) is 5.56 Å². The predicted octanol–water partition coefficient (Wildman–Crippen LogP) is 3.09. The maximum atomic E-state index is 11.1. The Morgan fingerprint density at radius 3 is 2.69 bits per heavy atom. The van der Waals surface area contributed by atoms with E-state index in [4.69, 9.17) is 10.8 Å². The normalized spacial score (nSPS) is 10.3. The first-order chi connectivity index (χ1) is 7.66. The standard InChI is InChI=1S/C13H19NO2/c1-2-3-4-5-7-10-8-6-9-11(14)12(10)13(15)16/h6,8-9H,2-5,7,14H2,1H3,(H,15,16). The minimum Gasteiger partial charge on any atom is -0.478 e. The monoisotopic (exact) mass is 221 g/mol. The van der Waals surface area contributed by atoms with Gasteiger partial charge in [-0.15, -0.1) is 0 Å². The molecule has 1 aromatic carbocycles. The summed E-state index contributed by atoms with van der Waals surface area (Å²) >= 11 is 0. The van der Waals surface area contributed by atoms with Gasteiger partial charge in [-0.3, -0.25) is 0 Å². The van der Waals surface area contributed by atoms with Gasteiger partial charge in [-0.05, 0) is 24.5 Å². The zero-order valence-corrected chi connectivity index (χ0v) is 9.70. The molecule has 0 spiro atoms. The number of aryl methyl sites for hydroxylation is 1. The van der Waals surface area contributed by atoms with Crippen molar-refractivity contribution in [2.24, 2.45) is 0 Å². The lowest BCUT2D eigenvalue weighted by molar-refractivity contribution is 0.0697. The zero-order valence-electron chi connectivity index (χ0n) is 9.70. The van der Waals surface area contributed by atoms with Gasteiger partial charge in [-0.25, -0.2) is 4.79 Å². The first-order valence-electron chi connectivity index (χ1n) is 5.77. The van der Waals surface area contributed by atoms with Gasteiger partial charge < -0.3 is 10.8 Å². The lowest BCUT2D eigenvalue weighted by atomic mass is 9.99. The summed E-state index contributed by atoms with van der Waals surface area (Å²) in [6.45, 7) is 2.16. The van der Waals surface area contributed by atoms with Gasteiger partial charge >= 0.3 is 5.97 Å². The third kappa shape index (κ3) is 3.26. The number of aromatic carboxylic acids is 1. The van der Waals surface area contributed by atoms with E-state index in [-0.39, 0.29) is 5.56 Å². The third-order valence-electron chi connectivity index (χ3n) is 2.70. The molecule has 1 rings (SSSR count). The van der Waals surface area contributed by atoms with Crippen LogP contribution in [-0.2, 0) is 6.42 Å². The average molecular weight is 221 g/mol. The number of carboxylic acids is 1. The van der Waals surface area contributed by atoms with Gasteiger partial charge in [0.2, 0.25) is 0 Å². The summed E-state index contributed by atoms with van der Waals surface area (Å²) in [7, 11) is 0. The number of carboxylic acid groups (broad SMARTS) is 1. The molecule has 88 valence electrons. The maximum absolute atomic E-state index is 11.1. The van der Waals surface area contributed by atoms with Gasteiger partial charge in [0, 0.05) is 5.69 Å². The van der Waals surface area contributed by atoms with Crippen molar-refractivity contribution in [2.45, 2.75) is 39.0 Å². The first-order valence-corrected chi connectivity index (χ1v) is 5.77. The van der Waals surface area contributed by atoms with E-state index in [0.717, 1.165) is 24.8 Å². The van der Waals surface area contributed by atoms with Crippen LogP contribution >= 0.6 is 0 Å². The third-order valence-corrected chi connectivity index (χ3v) is 2.70.